The summed E-state index contributed by atoms with van der Waals surface area (Å²) in [5.41, 5.74) is 2.13. The van der Waals surface area contributed by atoms with Crippen LogP contribution in [0.15, 0.2) is 48.7 Å². The monoisotopic (exact) mass is 216 g/mol. The van der Waals surface area contributed by atoms with E-state index in [4.69, 9.17) is 0 Å². The lowest BCUT2D eigenvalue weighted by Gasteiger charge is -2.05. The molecule has 1 aromatic heterocycles. The molecule has 16 heavy (non-hydrogen) atoms. The molecule has 0 amide bonds. The van der Waals surface area contributed by atoms with Gasteiger partial charge in [-0.15, -0.1) is 0 Å². The van der Waals surface area contributed by atoms with E-state index in [1.54, 1.807) is 6.07 Å². The predicted molar refractivity (Wildman–Crippen MR) is 62.8 cm³/mol. The maximum atomic E-state index is 12.5. The second kappa shape index (κ2) is 5.26. The summed E-state index contributed by atoms with van der Waals surface area (Å²) >= 11 is 0. The molecule has 0 bridgehead atoms. The first-order valence-corrected chi connectivity index (χ1v) is 5.24. The zero-order valence-electron chi connectivity index (χ0n) is 8.86. The normalized spacial score (nSPS) is 10.1. The average Bonchev–Trinajstić information content (AvgIpc) is 2.33. The topological polar surface area (TPSA) is 24.9 Å². The number of benzene rings is 1. The van der Waals surface area contributed by atoms with Crippen LogP contribution in [-0.4, -0.2) is 11.5 Å². The summed E-state index contributed by atoms with van der Waals surface area (Å²) in [4.78, 5) is 3.58. The van der Waals surface area contributed by atoms with Crippen molar-refractivity contribution in [1.82, 2.24) is 4.98 Å². The van der Waals surface area contributed by atoms with Gasteiger partial charge in [0.25, 0.3) is 0 Å². The standard InChI is InChI=1S/C13H13FN2/c14-13-7-6-12(10-16-13)15-9-8-11-4-2-1-3-5-11/h1-7,10,15H,8-9H2. The molecular weight excluding hydrogens is 203 g/mol. The molecule has 0 aliphatic rings. The Morgan fingerprint density at radius 1 is 1.06 bits per heavy atom. The molecule has 3 heteroatoms. The number of hydrogen-bond donors (Lipinski definition) is 1. The average molecular weight is 216 g/mol. The van der Waals surface area contributed by atoms with Crippen LogP contribution in [0.3, 0.4) is 0 Å². The molecule has 0 spiro atoms. The molecule has 1 aromatic carbocycles. The summed E-state index contributed by atoms with van der Waals surface area (Å²) in [6, 6.07) is 13.3. The number of anilines is 1. The fourth-order valence-electron chi connectivity index (χ4n) is 1.48. The molecule has 1 heterocycles. The lowest BCUT2D eigenvalue weighted by molar-refractivity contribution is 0.584. The largest absolute Gasteiger partial charge is 0.383 e. The fourth-order valence-corrected chi connectivity index (χ4v) is 1.48. The molecule has 0 fully saturated rings. The number of rotatable bonds is 4. The van der Waals surface area contributed by atoms with E-state index in [1.165, 1.54) is 17.8 Å². The van der Waals surface area contributed by atoms with Crippen LogP contribution < -0.4 is 5.32 Å². The Bertz CT molecular complexity index is 425. The van der Waals surface area contributed by atoms with Crippen molar-refractivity contribution in [3.8, 4) is 0 Å². The zero-order valence-corrected chi connectivity index (χ0v) is 8.86. The molecule has 0 saturated carbocycles. The Balaban J connectivity index is 1.82. The summed E-state index contributed by atoms with van der Waals surface area (Å²) in [5.74, 6) is -0.450. The van der Waals surface area contributed by atoms with Gasteiger partial charge in [0, 0.05) is 6.54 Å². The van der Waals surface area contributed by atoms with Gasteiger partial charge in [-0.2, -0.15) is 4.39 Å². The van der Waals surface area contributed by atoms with E-state index in [-0.39, 0.29) is 0 Å². The van der Waals surface area contributed by atoms with Crippen molar-refractivity contribution in [3.05, 3.63) is 60.2 Å². The fraction of sp³-hybridized carbons (Fsp3) is 0.154. The highest BCUT2D eigenvalue weighted by Gasteiger charge is 1.94. The Morgan fingerprint density at radius 3 is 2.56 bits per heavy atom. The van der Waals surface area contributed by atoms with Gasteiger partial charge in [-0.1, -0.05) is 30.3 Å². The summed E-state index contributed by atoms with van der Waals surface area (Å²) < 4.78 is 12.5. The molecule has 0 atom stereocenters. The third-order valence-corrected chi connectivity index (χ3v) is 2.31. The highest BCUT2D eigenvalue weighted by Crippen LogP contribution is 2.06. The van der Waals surface area contributed by atoms with Gasteiger partial charge in [0.1, 0.15) is 0 Å². The summed E-state index contributed by atoms with van der Waals surface area (Å²) in [6.45, 7) is 0.817. The van der Waals surface area contributed by atoms with Crippen molar-refractivity contribution in [2.75, 3.05) is 11.9 Å². The third kappa shape index (κ3) is 3.05. The molecule has 0 aliphatic heterocycles. The minimum Gasteiger partial charge on any atom is -0.383 e. The van der Waals surface area contributed by atoms with Gasteiger partial charge in [-0.25, -0.2) is 4.98 Å². The first kappa shape index (κ1) is 10.6. The highest BCUT2D eigenvalue weighted by molar-refractivity contribution is 5.39. The molecule has 2 rings (SSSR count). The van der Waals surface area contributed by atoms with Crippen molar-refractivity contribution in [2.24, 2.45) is 0 Å². The van der Waals surface area contributed by atoms with Crippen LogP contribution in [0.5, 0.6) is 0 Å². The Hall–Kier alpha value is -1.90. The number of halogens is 1. The third-order valence-electron chi connectivity index (χ3n) is 2.31. The van der Waals surface area contributed by atoms with Gasteiger partial charge in [-0.05, 0) is 24.1 Å². The second-order valence-electron chi connectivity index (χ2n) is 3.53. The van der Waals surface area contributed by atoms with E-state index in [2.05, 4.69) is 22.4 Å². The van der Waals surface area contributed by atoms with Crippen LogP contribution >= 0.6 is 0 Å². The molecule has 2 aromatic rings. The number of pyridine rings is 1. The maximum Gasteiger partial charge on any atom is 0.212 e. The minimum absolute atomic E-state index is 0.450. The lowest BCUT2D eigenvalue weighted by atomic mass is 10.1. The van der Waals surface area contributed by atoms with E-state index < -0.39 is 5.95 Å². The van der Waals surface area contributed by atoms with E-state index in [9.17, 15) is 4.39 Å². The van der Waals surface area contributed by atoms with Gasteiger partial charge < -0.3 is 5.32 Å². The van der Waals surface area contributed by atoms with Gasteiger partial charge in [0.2, 0.25) is 5.95 Å². The van der Waals surface area contributed by atoms with E-state index in [0.717, 1.165) is 18.7 Å². The van der Waals surface area contributed by atoms with Crippen LogP contribution in [0.2, 0.25) is 0 Å². The van der Waals surface area contributed by atoms with Gasteiger partial charge in [0.05, 0.1) is 11.9 Å². The molecule has 1 N–H and O–H groups in total. The maximum absolute atomic E-state index is 12.5. The summed E-state index contributed by atoms with van der Waals surface area (Å²) in [6.07, 6.45) is 2.44. The minimum atomic E-state index is -0.450. The van der Waals surface area contributed by atoms with Gasteiger partial charge in [0.15, 0.2) is 0 Å². The van der Waals surface area contributed by atoms with E-state index >= 15 is 0 Å². The van der Waals surface area contributed by atoms with Crippen molar-refractivity contribution < 1.29 is 4.39 Å². The molecule has 0 radical (unpaired) electrons. The van der Waals surface area contributed by atoms with Crippen molar-refractivity contribution >= 4 is 5.69 Å². The summed E-state index contributed by atoms with van der Waals surface area (Å²) in [7, 11) is 0. The van der Waals surface area contributed by atoms with Crippen LogP contribution in [0.1, 0.15) is 5.56 Å². The number of hydrogen-bond acceptors (Lipinski definition) is 2. The van der Waals surface area contributed by atoms with E-state index in [0.29, 0.717) is 0 Å². The molecule has 0 saturated heterocycles. The SMILES string of the molecule is Fc1ccc(NCCc2ccccc2)cn1. The first-order chi connectivity index (χ1) is 7.84. The Labute approximate surface area is 94.2 Å². The Kier molecular flexibility index (Phi) is 3.49. The van der Waals surface area contributed by atoms with E-state index in [1.807, 2.05) is 18.2 Å². The van der Waals surface area contributed by atoms with Gasteiger partial charge >= 0.3 is 0 Å². The van der Waals surface area contributed by atoms with Crippen molar-refractivity contribution in [2.45, 2.75) is 6.42 Å². The smallest absolute Gasteiger partial charge is 0.212 e. The molecule has 0 aliphatic carbocycles. The van der Waals surface area contributed by atoms with Crippen molar-refractivity contribution in [3.63, 3.8) is 0 Å². The Morgan fingerprint density at radius 2 is 1.88 bits per heavy atom. The lowest BCUT2D eigenvalue weighted by Crippen LogP contribution is -2.05. The van der Waals surface area contributed by atoms with Crippen LogP contribution in [0.4, 0.5) is 10.1 Å². The first-order valence-electron chi connectivity index (χ1n) is 5.24. The molecule has 2 nitrogen and oxygen atoms in total. The zero-order chi connectivity index (χ0) is 11.2. The molecule has 0 unspecified atom stereocenters. The second-order valence-corrected chi connectivity index (χ2v) is 3.53. The highest BCUT2D eigenvalue weighted by atomic mass is 19.1. The van der Waals surface area contributed by atoms with Gasteiger partial charge in [-0.3, -0.25) is 0 Å². The number of nitrogens with one attached hydrogen (secondary N) is 1. The predicted octanol–water partition coefficient (Wildman–Crippen LogP) is 2.88. The summed E-state index contributed by atoms with van der Waals surface area (Å²) in [5, 5.41) is 3.19. The quantitative estimate of drug-likeness (QED) is 0.795. The van der Waals surface area contributed by atoms with Crippen LogP contribution in [0, 0.1) is 5.95 Å². The van der Waals surface area contributed by atoms with Crippen LogP contribution in [0.25, 0.3) is 0 Å². The van der Waals surface area contributed by atoms with Crippen LogP contribution in [-0.2, 0) is 6.42 Å². The number of nitrogens with zero attached hydrogens (tertiary/aromatic N) is 1. The van der Waals surface area contributed by atoms with Crippen molar-refractivity contribution in [1.29, 1.82) is 0 Å². The molecular formula is C13H13FN2. The molecule has 82 valence electrons. The number of aromatic nitrogens is 1.